The molecule has 180 valence electrons. The van der Waals surface area contributed by atoms with E-state index in [4.69, 9.17) is 4.74 Å². The number of hydrogen-bond acceptors (Lipinski definition) is 6. The van der Waals surface area contributed by atoms with Crippen LogP contribution in [0.4, 0.5) is 15.9 Å². The number of esters is 1. The van der Waals surface area contributed by atoms with E-state index in [1.165, 1.54) is 56.3 Å². The molecule has 0 aliphatic rings. The number of benzene rings is 2. The number of anilines is 2. The molecule has 0 aliphatic heterocycles. The highest BCUT2D eigenvalue weighted by molar-refractivity contribution is 7.92. The average molecular weight is 489 g/mol. The van der Waals surface area contributed by atoms with Crippen LogP contribution in [0.5, 0.6) is 0 Å². The lowest BCUT2D eigenvalue weighted by molar-refractivity contribution is -0.123. The Morgan fingerprint density at radius 2 is 1.74 bits per heavy atom. The van der Waals surface area contributed by atoms with E-state index in [-0.39, 0.29) is 27.8 Å². The lowest BCUT2D eigenvalue weighted by Gasteiger charge is -2.16. The minimum Gasteiger partial charge on any atom is -0.449 e. The highest BCUT2D eigenvalue weighted by Gasteiger charge is 2.22. The molecule has 1 aromatic heterocycles. The molecular formula is C23H25FN4O5S. The van der Waals surface area contributed by atoms with Crippen molar-refractivity contribution in [2.75, 3.05) is 10.0 Å². The van der Waals surface area contributed by atoms with Gasteiger partial charge >= 0.3 is 5.97 Å². The maximum Gasteiger partial charge on any atom is 0.338 e. The first-order valence-corrected chi connectivity index (χ1v) is 11.9. The number of halogens is 1. The van der Waals surface area contributed by atoms with Crippen LogP contribution in [0.15, 0.2) is 59.6 Å². The molecule has 0 saturated heterocycles. The van der Waals surface area contributed by atoms with Gasteiger partial charge in [-0.3, -0.25) is 9.52 Å². The Morgan fingerprint density at radius 1 is 1.06 bits per heavy atom. The van der Waals surface area contributed by atoms with Crippen molar-refractivity contribution in [2.24, 2.45) is 0 Å². The molecule has 34 heavy (non-hydrogen) atoms. The monoisotopic (exact) mass is 488 g/mol. The first-order chi connectivity index (χ1) is 16.0. The summed E-state index contributed by atoms with van der Waals surface area (Å²) in [6.45, 7) is 6.63. The fourth-order valence-corrected chi connectivity index (χ4v) is 4.41. The van der Waals surface area contributed by atoms with E-state index in [0.717, 1.165) is 0 Å². The second kappa shape index (κ2) is 10.0. The van der Waals surface area contributed by atoms with Crippen LogP contribution >= 0.6 is 0 Å². The Hall–Kier alpha value is -3.73. The van der Waals surface area contributed by atoms with E-state index in [0.29, 0.717) is 5.82 Å². The summed E-state index contributed by atoms with van der Waals surface area (Å²) < 4.78 is 48.1. The van der Waals surface area contributed by atoms with Gasteiger partial charge in [-0.15, -0.1) is 0 Å². The topological polar surface area (TPSA) is 119 Å². The second-order valence-corrected chi connectivity index (χ2v) is 9.49. The van der Waals surface area contributed by atoms with Crippen molar-refractivity contribution >= 4 is 33.4 Å². The van der Waals surface area contributed by atoms with Crippen molar-refractivity contribution in [2.45, 2.75) is 44.7 Å². The van der Waals surface area contributed by atoms with Crippen LogP contribution in [0.1, 0.15) is 42.7 Å². The molecule has 1 heterocycles. The molecule has 9 nitrogen and oxygen atoms in total. The van der Waals surface area contributed by atoms with Gasteiger partial charge in [-0.25, -0.2) is 22.3 Å². The van der Waals surface area contributed by atoms with Crippen LogP contribution in [0.2, 0.25) is 0 Å². The van der Waals surface area contributed by atoms with Gasteiger partial charge in [0.2, 0.25) is 0 Å². The Bertz CT molecular complexity index is 1300. The van der Waals surface area contributed by atoms with Crippen LogP contribution in [-0.2, 0) is 19.6 Å². The molecule has 0 fully saturated rings. The molecule has 2 N–H and O–H groups in total. The number of amides is 1. The SMILES string of the molecule is Cc1c(F)cccc1S(=O)(=O)Nc1ccc(C(=O)O[C@H](C)C(=O)Nc2ccnn2C(C)C)cc1. The van der Waals surface area contributed by atoms with Crippen molar-refractivity contribution in [3.8, 4) is 0 Å². The van der Waals surface area contributed by atoms with Crippen LogP contribution in [0, 0.1) is 12.7 Å². The summed E-state index contributed by atoms with van der Waals surface area (Å²) in [4.78, 5) is 24.7. The molecule has 0 spiro atoms. The first-order valence-electron chi connectivity index (χ1n) is 10.4. The smallest absolute Gasteiger partial charge is 0.338 e. The van der Waals surface area contributed by atoms with E-state index in [1.807, 2.05) is 13.8 Å². The van der Waals surface area contributed by atoms with E-state index >= 15 is 0 Å². The minimum atomic E-state index is -4.03. The van der Waals surface area contributed by atoms with Crippen LogP contribution in [0.25, 0.3) is 0 Å². The summed E-state index contributed by atoms with van der Waals surface area (Å²) in [5.41, 5.74) is 0.295. The predicted octanol–water partition coefficient (Wildman–Crippen LogP) is 3.90. The van der Waals surface area contributed by atoms with E-state index < -0.39 is 33.8 Å². The number of nitrogens with zero attached hydrogens (tertiary/aromatic N) is 2. The third-order valence-electron chi connectivity index (χ3n) is 4.94. The summed E-state index contributed by atoms with van der Waals surface area (Å²) >= 11 is 0. The van der Waals surface area contributed by atoms with Crippen molar-refractivity contribution in [1.29, 1.82) is 0 Å². The van der Waals surface area contributed by atoms with Crippen molar-refractivity contribution in [3.63, 3.8) is 0 Å². The Morgan fingerprint density at radius 3 is 2.38 bits per heavy atom. The molecular weight excluding hydrogens is 463 g/mol. The predicted molar refractivity (Wildman–Crippen MR) is 125 cm³/mol. The fourth-order valence-electron chi connectivity index (χ4n) is 3.10. The number of aromatic nitrogens is 2. The van der Waals surface area contributed by atoms with Crippen molar-refractivity contribution in [1.82, 2.24) is 9.78 Å². The molecule has 0 radical (unpaired) electrons. The summed E-state index contributed by atoms with van der Waals surface area (Å²) in [7, 11) is -4.03. The van der Waals surface area contributed by atoms with Gasteiger partial charge in [0.05, 0.1) is 16.7 Å². The van der Waals surface area contributed by atoms with E-state index in [1.54, 1.807) is 16.9 Å². The van der Waals surface area contributed by atoms with Gasteiger partial charge in [-0.1, -0.05) is 6.07 Å². The number of carbonyl (C=O) groups excluding carboxylic acids is 2. The van der Waals surface area contributed by atoms with E-state index in [2.05, 4.69) is 15.1 Å². The van der Waals surface area contributed by atoms with Gasteiger partial charge in [-0.05, 0) is 64.1 Å². The molecule has 2 aromatic carbocycles. The number of hydrogen-bond donors (Lipinski definition) is 2. The summed E-state index contributed by atoms with van der Waals surface area (Å²) in [5, 5.41) is 6.79. The van der Waals surface area contributed by atoms with Gasteiger partial charge in [0.25, 0.3) is 15.9 Å². The molecule has 3 aromatic rings. The minimum absolute atomic E-state index is 0.00101. The first kappa shape index (κ1) is 24.9. The average Bonchev–Trinajstić information content (AvgIpc) is 3.24. The summed E-state index contributed by atoms with van der Waals surface area (Å²) in [6.07, 6.45) is 0.467. The number of nitrogens with one attached hydrogen (secondary N) is 2. The van der Waals surface area contributed by atoms with E-state index in [9.17, 15) is 22.4 Å². The van der Waals surface area contributed by atoms with Crippen LogP contribution in [-0.4, -0.2) is 36.2 Å². The normalized spacial score (nSPS) is 12.3. The highest BCUT2D eigenvalue weighted by Crippen LogP contribution is 2.22. The Kier molecular flexibility index (Phi) is 7.35. The molecule has 1 amide bonds. The van der Waals surface area contributed by atoms with Crippen LogP contribution < -0.4 is 10.0 Å². The standard InChI is InChI=1S/C23H25FN4O5S/c1-14(2)28-21(12-13-25-28)26-22(29)16(4)33-23(30)17-8-10-18(11-9-17)27-34(31,32)20-7-5-6-19(24)15(20)3/h5-14,16,27H,1-4H3,(H,26,29)/t16-/m1/s1. The van der Waals surface area contributed by atoms with Crippen molar-refractivity contribution in [3.05, 3.63) is 71.7 Å². The molecule has 0 aliphatic carbocycles. The van der Waals surface area contributed by atoms with Gasteiger partial charge < -0.3 is 10.1 Å². The largest absolute Gasteiger partial charge is 0.449 e. The maximum atomic E-state index is 13.7. The number of rotatable bonds is 8. The third-order valence-corrected chi connectivity index (χ3v) is 6.47. The molecule has 0 bridgehead atoms. The second-order valence-electron chi connectivity index (χ2n) is 7.84. The lowest BCUT2D eigenvalue weighted by atomic mass is 10.2. The maximum absolute atomic E-state index is 13.7. The Balaban J connectivity index is 1.64. The van der Waals surface area contributed by atoms with Gasteiger partial charge in [-0.2, -0.15) is 5.10 Å². The van der Waals surface area contributed by atoms with Gasteiger partial charge in [0.15, 0.2) is 6.10 Å². The van der Waals surface area contributed by atoms with Gasteiger partial charge in [0, 0.05) is 23.4 Å². The van der Waals surface area contributed by atoms with Gasteiger partial charge in [0.1, 0.15) is 11.6 Å². The number of carbonyl (C=O) groups is 2. The van der Waals surface area contributed by atoms with Crippen LogP contribution in [0.3, 0.4) is 0 Å². The number of sulfonamides is 1. The Labute approximate surface area is 197 Å². The molecule has 3 rings (SSSR count). The zero-order valence-electron chi connectivity index (χ0n) is 19.1. The van der Waals surface area contributed by atoms with Crippen molar-refractivity contribution < 1.29 is 27.1 Å². The molecule has 0 saturated carbocycles. The lowest BCUT2D eigenvalue weighted by Crippen LogP contribution is -2.31. The summed E-state index contributed by atoms with van der Waals surface area (Å²) in [5.74, 6) is -1.43. The molecule has 1 atom stereocenters. The quantitative estimate of drug-likeness (QED) is 0.464. The zero-order chi connectivity index (χ0) is 25.0. The highest BCUT2D eigenvalue weighted by atomic mass is 32.2. The molecule has 0 unspecified atom stereocenters. The summed E-state index contributed by atoms with van der Waals surface area (Å²) in [6, 6.07) is 10.9. The third kappa shape index (κ3) is 5.60. The number of ether oxygens (including phenoxy) is 1. The molecule has 11 heteroatoms. The fraction of sp³-hybridized carbons (Fsp3) is 0.261. The zero-order valence-corrected chi connectivity index (χ0v) is 19.9.